The molecular weight excluding hydrogens is 226 g/mol. The van der Waals surface area contributed by atoms with E-state index in [1.54, 1.807) is 7.11 Å². The third kappa shape index (κ3) is 1.99. The van der Waals surface area contributed by atoms with Crippen molar-refractivity contribution in [2.24, 2.45) is 5.92 Å². The molecule has 4 rings (SSSR count). The Morgan fingerprint density at radius 1 is 1.22 bits per heavy atom. The van der Waals surface area contributed by atoms with Gasteiger partial charge in [-0.3, -0.25) is 0 Å². The number of nitrogens with zero attached hydrogens (tertiary/aromatic N) is 1. The lowest BCUT2D eigenvalue weighted by molar-refractivity contribution is 0.0215. The molecule has 1 N–H and O–H groups in total. The Labute approximate surface area is 108 Å². The Balaban J connectivity index is 1.86. The number of benzene rings is 1. The van der Waals surface area contributed by atoms with Crippen molar-refractivity contribution in [2.75, 3.05) is 20.2 Å². The van der Waals surface area contributed by atoms with Gasteiger partial charge in [-0.2, -0.15) is 0 Å². The molecule has 0 aromatic heterocycles. The fourth-order valence-electron chi connectivity index (χ4n) is 2.95. The van der Waals surface area contributed by atoms with Crippen LogP contribution in [0, 0.1) is 5.92 Å². The van der Waals surface area contributed by atoms with Crippen LogP contribution in [-0.4, -0.2) is 36.3 Å². The van der Waals surface area contributed by atoms with E-state index in [-0.39, 0.29) is 6.10 Å². The first-order valence-corrected chi connectivity index (χ1v) is 6.56. The zero-order chi connectivity index (χ0) is 12.5. The number of piperidine rings is 3. The molecule has 3 heterocycles. The highest BCUT2D eigenvalue weighted by Crippen LogP contribution is 2.35. The Kier molecular flexibility index (Phi) is 3.00. The summed E-state index contributed by atoms with van der Waals surface area (Å²) in [5.74, 6) is 1.32. The molecule has 3 saturated heterocycles. The van der Waals surface area contributed by atoms with E-state index >= 15 is 0 Å². The lowest BCUT2D eigenvalue weighted by atomic mass is 9.83. The van der Waals surface area contributed by atoms with Crippen LogP contribution in [0.4, 0.5) is 0 Å². The minimum Gasteiger partial charge on any atom is -0.497 e. The second-order valence-corrected chi connectivity index (χ2v) is 5.11. The van der Waals surface area contributed by atoms with Crippen LogP contribution < -0.4 is 4.74 Å². The SMILES string of the molecule is COc1ccc(/C=C2\[C@H](O)C3CCN2CC3)cc1. The molecule has 0 amide bonds. The van der Waals surface area contributed by atoms with Gasteiger partial charge >= 0.3 is 0 Å². The normalized spacial score (nSPS) is 28.8. The quantitative estimate of drug-likeness (QED) is 0.866. The summed E-state index contributed by atoms with van der Waals surface area (Å²) in [7, 11) is 1.67. The Morgan fingerprint density at radius 2 is 1.89 bits per heavy atom. The maximum Gasteiger partial charge on any atom is 0.118 e. The number of hydrogen-bond acceptors (Lipinski definition) is 3. The first-order valence-electron chi connectivity index (χ1n) is 6.56. The van der Waals surface area contributed by atoms with E-state index in [0.717, 1.165) is 42.9 Å². The standard InChI is InChI=1S/C15H19NO2/c1-18-13-4-2-11(3-5-13)10-14-15(17)12-6-8-16(14)9-7-12/h2-5,10,12,15,17H,6-9H2,1H3/b14-10+/t15-/m1/s1. The first-order chi connectivity index (χ1) is 8.78. The van der Waals surface area contributed by atoms with E-state index in [1.807, 2.05) is 24.3 Å². The predicted molar refractivity (Wildman–Crippen MR) is 71.3 cm³/mol. The predicted octanol–water partition coefficient (Wildman–Crippen LogP) is 2.12. The minimum atomic E-state index is -0.283. The van der Waals surface area contributed by atoms with E-state index in [1.165, 1.54) is 0 Å². The summed E-state index contributed by atoms with van der Waals surface area (Å²) >= 11 is 0. The van der Waals surface area contributed by atoms with Crippen LogP contribution in [0.1, 0.15) is 18.4 Å². The molecule has 3 heteroatoms. The fourth-order valence-corrected chi connectivity index (χ4v) is 2.95. The molecule has 0 unspecified atom stereocenters. The molecule has 96 valence electrons. The van der Waals surface area contributed by atoms with Crippen molar-refractivity contribution in [1.82, 2.24) is 4.90 Å². The maximum absolute atomic E-state index is 10.3. The van der Waals surface area contributed by atoms with Gasteiger partial charge in [-0.05, 0) is 42.5 Å². The van der Waals surface area contributed by atoms with Crippen LogP contribution in [0.2, 0.25) is 0 Å². The molecule has 3 fully saturated rings. The molecule has 0 radical (unpaired) electrons. The van der Waals surface area contributed by atoms with Crippen molar-refractivity contribution in [3.63, 3.8) is 0 Å². The van der Waals surface area contributed by atoms with E-state index in [9.17, 15) is 5.11 Å². The number of ether oxygens (including phenoxy) is 1. The second kappa shape index (κ2) is 4.65. The summed E-state index contributed by atoms with van der Waals surface area (Å²) < 4.78 is 5.15. The first kappa shape index (κ1) is 11.6. The Bertz CT molecular complexity index is 440. The van der Waals surface area contributed by atoms with Crippen molar-refractivity contribution in [1.29, 1.82) is 0 Å². The molecule has 0 aliphatic carbocycles. The number of rotatable bonds is 2. The van der Waals surface area contributed by atoms with Gasteiger partial charge < -0.3 is 14.7 Å². The fraction of sp³-hybridized carbons (Fsp3) is 0.467. The Hall–Kier alpha value is -1.48. The van der Waals surface area contributed by atoms with Crippen molar-refractivity contribution < 1.29 is 9.84 Å². The highest BCUT2D eigenvalue weighted by Gasteiger charge is 2.36. The van der Waals surface area contributed by atoms with Crippen molar-refractivity contribution in [3.05, 3.63) is 35.5 Å². The average molecular weight is 245 g/mol. The molecule has 3 nitrogen and oxygen atoms in total. The highest BCUT2D eigenvalue weighted by atomic mass is 16.5. The van der Waals surface area contributed by atoms with Gasteiger partial charge in [0.15, 0.2) is 0 Å². The smallest absolute Gasteiger partial charge is 0.118 e. The van der Waals surface area contributed by atoms with E-state index in [2.05, 4.69) is 11.0 Å². The molecule has 0 spiro atoms. The van der Waals surface area contributed by atoms with E-state index < -0.39 is 0 Å². The summed E-state index contributed by atoms with van der Waals surface area (Å²) in [6, 6.07) is 7.97. The molecule has 1 atom stereocenters. The summed E-state index contributed by atoms with van der Waals surface area (Å²) in [6.07, 6.45) is 4.08. The number of aliphatic hydroxyl groups excluding tert-OH is 1. The van der Waals surface area contributed by atoms with Crippen LogP contribution >= 0.6 is 0 Å². The lowest BCUT2D eigenvalue weighted by Crippen LogP contribution is -2.48. The summed E-state index contributed by atoms with van der Waals surface area (Å²) in [6.45, 7) is 2.17. The van der Waals surface area contributed by atoms with Gasteiger partial charge in [-0.15, -0.1) is 0 Å². The monoisotopic (exact) mass is 245 g/mol. The molecule has 0 saturated carbocycles. The molecular formula is C15H19NO2. The molecule has 3 aliphatic heterocycles. The largest absolute Gasteiger partial charge is 0.497 e. The zero-order valence-electron chi connectivity index (χ0n) is 10.7. The molecule has 2 bridgehead atoms. The average Bonchev–Trinajstić information content (AvgIpc) is 2.44. The van der Waals surface area contributed by atoms with Crippen LogP contribution in [0.15, 0.2) is 30.0 Å². The van der Waals surface area contributed by atoms with Crippen molar-refractivity contribution in [3.8, 4) is 5.75 Å². The van der Waals surface area contributed by atoms with Gasteiger partial charge in [0.05, 0.1) is 13.2 Å². The maximum atomic E-state index is 10.3. The van der Waals surface area contributed by atoms with Crippen LogP contribution in [0.25, 0.3) is 6.08 Å². The number of fused-ring (bicyclic) bond motifs is 3. The summed E-state index contributed by atoms with van der Waals surface area (Å²) in [5, 5.41) is 10.3. The minimum absolute atomic E-state index is 0.283. The van der Waals surface area contributed by atoms with Gasteiger partial charge in [0, 0.05) is 18.8 Å². The summed E-state index contributed by atoms with van der Waals surface area (Å²) in [5.41, 5.74) is 2.21. The number of aliphatic hydroxyl groups is 1. The van der Waals surface area contributed by atoms with Crippen LogP contribution in [-0.2, 0) is 0 Å². The topological polar surface area (TPSA) is 32.7 Å². The Morgan fingerprint density at radius 3 is 2.44 bits per heavy atom. The second-order valence-electron chi connectivity index (χ2n) is 5.11. The van der Waals surface area contributed by atoms with Gasteiger partial charge in [0.1, 0.15) is 5.75 Å². The van der Waals surface area contributed by atoms with Gasteiger partial charge in [-0.1, -0.05) is 12.1 Å². The molecule has 18 heavy (non-hydrogen) atoms. The summed E-state index contributed by atoms with van der Waals surface area (Å²) in [4.78, 5) is 2.31. The third-order valence-electron chi connectivity index (χ3n) is 4.08. The van der Waals surface area contributed by atoms with Crippen molar-refractivity contribution >= 4 is 6.08 Å². The van der Waals surface area contributed by atoms with Crippen LogP contribution in [0.5, 0.6) is 5.75 Å². The van der Waals surface area contributed by atoms with E-state index in [0.29, 0.717) is 5.92 Å². The van der Waals surface area contributed by atoms with Gasteiger partial charge in [0.25, 0.3) is 0 Å². The van der Waals surface area contributed by atoms with Crippen molar-refractivity contribution in [2.45, 2.75) is 18.9 Å². The van der Waals surface area contributed by atoms with Gasteiger partial charge in [-0.25, -0.2) is 0 Å². The molecule has 3 aliphatic rings. The molecule has 1 aromatic rings. The zero-order valence-corrected chi connectivity index (χ0v) is 10.7. The highest BCUT2D eigenvalue weighted by molar-refractivity contribution is 5.55. The number of methoxy groups -OCH3 is 1. The number of hydrogen-bond donors (Lipinski definition) is 1. The van der Waals surface area contributed by atoms with Crippen LogP contribution in [0.3, 0.4) is 0 Å². The van der Waals surface area contributed by atoms with Gasteiger partial charge in [0.2, 0.25) is 0 Å². The lowest BCUT2D eigenvalue weighted by Gasteiger charge is -2.45. The molecule has 1 aromatic carbocycles. The third-order valence-corrected chi connectivity index (χ3v) is 4.08. The van der Waals surface area contributed by atoms with E-state index in [4.69, 9.17) is 4.74 Å².